The summed E-state index contributed by atoms with van der Waals surface area (Å²) in [6, 6.07) is 4.18. The average Bonchev–Trinajstić information content (AvgIpc) is 2.11. The summed E-state index contributed by atoms with van der Waals surface area (Å²) in [4.78, 5) is 10.9. The second-order valence-corrected chi connectivity index (χ2v) is 2.70. The van der Waals surface area contributed by atoms with Crippen molar-refractivity contribution in [3.8, 4) is 0 Å². The standard InChI is InChI=1S/C9H11FN2O/c1-12-9(13)5-6-4-7(11)2-3-8(6)10/h2-4H,5,11H2,1H3,(H,12,13). The Hall–Kier alpha value is -1.58. The number of benzene rings is 1. The fourth-order valence-electron chi connectivity index (χ4n) is 0.992. The predicted molar refractivity (Wildman–Crippen MR) is 48.6 cm³/mol. The van der Waals surface area contributed by atoms with Gasteiger partial charge in [-0.3, -0.25) is 4.79 Å². The minimum absolute atomic E-state index is 0.0212. The molecule has 0 saturated heterocycles. The van der Waals surface area contributed by atoms with Crippen LogP contribution in [0.4, 0.5) is 10.1 Å². The average molecular weight is 182 g/mol. The second kappa shape index (κ2) is 3.89. The van der Waals surface area contributed by atoms with E-state index in [2.05, 4.69) is 5.32 Å². The van der Waals surface area contributed by atoms with Gasteiger partial charge in [0, 0.05) is 12.7 Å². The minimum atomic E-state index is -0.405. The lowest BCUT2D eigenvalue weighted by Crippen LogP contribution is -2.20. The minimum Gasteiger partial charge on any atom is -0.399 e. The van der Waals surface area contributed by atoms with Gasteiger partial charge in [-0.1, -0.05) is 0 Å². The van der Waals surface area contributed by atoms with Crippen LogP contribution < -0.4 is 11.1 Å². The van der Waals surface area contributed by atoms with Crippen molar-refractivity contribution in [1.29, 1.82) is 0 Å². The van der Waals surface area contributed by atoms with Crippen molar-refractivity contribution in [2.45, 2.75) is 6.42 Å². The number of nitrogens with two attached hydrogens (primary N) is 1. The molecule has 0 heterocycles. The molecule has 1 amide bonds. The van der Waals surface area contributed by atoms with Crippen molar-refractivity contribution >= 4 is 11.6 Å². The molecule has 0 unspecified atom stereocenters. The van der Waals surface area contributed by atoms with Crippen LogP contribution in [0.15, 0.2) is 18.2 Å². The lowest BCUT2D eigenvalue weighted by molar-refractivity contribution is -0.120. The van der Waals surface area contributed by atoms with Crippen LogP contribution in [0.2, 0.25) is 0 Å². The number of hydrogen-bond donors (Lipinski definition) is 2. The van der Waals surface area contributed by atoms with Crippen LogP contribution >= 0.6 is 0 Å². The lowest BCUT2D eigenvalue weighted by atomic mass is 10.1. The van der Waals surface area contributed by atoms with Gasteiger partial charge >= 0.3 is 0 Å². The van der Waals surface area contributed by atoms with Crippen molar-refractivity contribution < 1.29 is 9.18 Å². The van der Waals surface area contributed by atoms with E-state index < -0.39 is 5.82 Å². The maximum Gasteiger partial charge on any atom is 0.224 e. The van der Waals surface area contributed by atoms with Crippen molar-refractivity contribution in [1.82, 2.24) is 5.32 Å². The number of rotatable bonds is 2. The Morgan fingerprint density at radius 2 is 2.31 bits per heavy atom. The molecule has 0 spiro atoms. The Morgan fingerprint density at radius 1 is 1.62 bits per heavy atom. The number of nitrogen functional groups attached to an aromatic ring is 1. The first-order valence-electron chi connectivity index (χ1n) is 3.88. The van der Waals surface area contributed by atoms with Gasteiger partial charge in [-0.2, -0.15) is 0 Å². The molecule has 3 N–H and O–H groups in total. The van der Waals surface area contributed by atoms with Gasteiger partial charge in [-0.15, -0.1) is 0 Å². The molecule has 0 saturated carbocycles. The highest BCUT2D eigenvalue weighted by atomic mass is 19.1. The SMILES string of the molecule is CNC(=O)Cc1cc(N)ccc1F. The molecular formula is C9H11FN2O. The Morgan fingerprint density at radius 3 is 2.92 bits per heavy atom. The summed E-state index contributed by atoms with van der Waals surface area (Å²) in [5.41, 5.74) is 6.22. The quantitative estimate of drug-likeness (QED) is 0.661. The van der Waals surface area contributed by atoms with Crippen LogP contribution in [0.25, 0.3) is 0 Å². The summed E-state index contributed by atoms with van der Waals surface area (Å²) in [7, 11) is 1.51. The smallest absolute Gasteiger partial charge is 0.224 e. The van der Waals surface area contributed by atoms with Gasteiger partial charge in [0.2, 0.25) is 5.91 Å². The molecule has 0 aromatic heterocycles. The van der Waals surface area contributed by atoms with Crippen molar-refractivity contribution in [3.63, 3.8) is 0 Å². The third-order valence-electron chi connectivity index (χ3n) is 1.70. The molecule has 0 radical (unpaired) electrons. The fourth-order valence-corrected chi connectivity index (χ4v) is 0.992. The molecule has 1 aromatic carbocycles. The topological polar surface area (TPSA) is 55.1 Å². The zero-order valence-electron chi connectivity index (χ0n) is 7.30. The Kier molecular flexibility index (Phi) is 2.84. The van der Waals surface area contributed by atoms with Gasteiger partial charge in [0.05, 0.1) is 6.42 Å². The second-order valence-electron chi connectivity index (χ2n) is 2.70. The molecular weight excluding hydrogens is 171 g/mol. The monoisotopic (exact) mass is 182 g/mol. The highest BCUT2D eigenvalue weighted by molar-refractivity contribution is 5.78. The maximum absolute atomic E-state index is 13.0. The summed E-state index contributed by atoms with van der Waals surface area (Å²) in [6.45, 7) is 0. The lowest BCUT2D eigenvalue weighted by Gasteiger charge is -2.02. The molecule has 0 aliphatic carbocycles. The van der Waals surface area contributed by atoms with Crippen LogP contribution in [0.5, 0.6) is 0 Å². The van der Waals surface area contributed by atoms with E-state index >= 15 is 0 Å². The van der Waals surface area contributed by atoms with E-state index in [9.17, 15) is 9.18 Å². The van der Waals surface area contributed by atoms with Gasteiger partial charge in [0.15, 0.2) is 0 Å². The van der Waals surface area contributed by atoms with Crippen LogP contribution in [0, 0.1) is 5.82 Å². The molecule has 1 rings (SSSR count). The number of anilines is 1. The number of likely N-dealkylation sites (N-methyl/N-ethyl adjacent to an activating group) is 1. The van der Waals surface area contributed by atoms with Crippen molar-refractivity contribution in [3.05, 3.63) is 29.6 Å². The molecule has 70 valence electrons. The molecule has 0 bridgehead atoms. The molecule has 0 aliphatic rings. The first kappa shape index (κ1) is 9.51. The molecule has 3 nitrogen and oxygen atoms in total. The number of carbonyl (C=O) groups is 1. The van der Waals surface area contributed by atoms with Crippen molar-refractivity contribution in [2.24, 2.45) is 0 Å². The zero-order chi connectivity index (χ0) is 9.84. The van der Waals surface area contributed by atoms with Crippen LogP contribution in [0.1, 0.15) is 5.56 Å². The molecule has 0 fully saturated rings. The highest BCUT2D eigenvalue weighted by Gasteiger charge is 2.06. The Balaban J connectivity index is 2.87. The highest BCUT2D eigenvalue weighted by Crippen LogP contribution is 2.12. The van der Waals surface area contributed by atoms with E-state index in [1.54, 1.807) is 0 Å². The van der Waals surface area contributed by atoms with Crippen LogP contribution in [-0.4, -0.2) is 13.0 Å². The predicted octanol–water partition coefficient (Wildman–Crippen LogP) is 0.696. The first-order chi connectivity index (χ1) is 6.13. The summed E-state index contributed by atoms with van der Waals surface area (Å²) < 4.78 is 13.0. The zero-order valence-corrected chi connectivity index (χ0v) is 7.30. The van der Waals surface area contributed by atoms with E-state index in [-0.39, 0.29) is 12.3 Å². The summed E-state index contributed by atoms with van der Waals surface area (Å²) in [5.74, 6) is -0.637. The number of halogens is 1. The van der Waals surface area contributed by atoms with E-state index in [4.69, 9.17) is 5.73 Å². The van der Waals surface area contributed by atoms with E-state index in [0.717, 1.165) is 0 Å². The van der Waals surface area contributed by atoms with Crippen LogP contribution in [0.3, 0.4) is 0 Å². The molecule has 4 heteroatoms. The third-order valence-corrected chi connectivity index (χ3v) is 1.70. The van der Waals surface area contributed by atoms with E-state index in [0.29, 0.717) is 11.3 Å². The van der Waals surface area contributed by atoms with Crippen molar-refractivity contribution in [2.75, 3.05) is 12.8 Å². The van der Waals surface area contributed by atoms with E-state index in [1.807, 2.05) is 0 Å². The number of carbonyl (C=O) groups excluding carboxylic acids is 1. The van der Waals surface area contributed by atoms with Crippen LogP contribution in [-0.2, 0) is 11.2 Å². The Labute approximate surface area is 75.7 Å². The number of hydrogen-bond acceptors (Lipinski definition) is 2. The fraction of sp³-hybridized carbons (Fsp3) is 0.222. The van der Waals surface area contributed by atoms with Gasteiger partial charge in [-0.05, 0) is 23.8 Å². The largest absolute Gasteiger partial charge is 0.399 e. The maximum atomic E-state index is 13.0. The molecule has 13 heavy (non-hydrogen) atoms. The molecule has 0 aliphatic heterocycles. The van der Waals surface area contributed by atoms with Gasteiger partial charge < -0.3 is 11.1 Å². The third kappa shape index (κ3) is 2.43. The molecule has 1 aromatic rings. The summed E-state index contributed by atoms with van der Waals surface area (Å²) in [6.07, 6.45) is 0.0212. The van der Waals surface area contributed by atoms with Gasteiger partial charge in [0.25, 0.3) is 0 Å². The molecule has 0 atom stereocenters. The summed E-state index contributed by atoms with van der Waals surface area (Å²) >= 11 is 0. The number of nitrogens with one attached hydrogen (secondary N) is 1. The normalized spacial score (nSPS) is 9.69. The number of amides is 1. The van der Waals surface area contributed by atoms with Gasteiger partial charge in [0.1, 0.15) is 5.82 Å². The Bertz CT molecular complexity index is 325. The summed E-state index contributed by atoms with van der Waals surface area (Å²) in [5, 5.41) is 2.41. The first-order valence-corrected chi connectivity index (χ1v) is 3.88. The van der Waals surface area contributed by atoms with E-state index in [1.165, 1.54) is 25.2 Å². The van der Waals surface area contributed by atoms with Gasteiger partial charge in [-0.25, -0.2) is 4.39 Å².